The Morgan fingerprint density at radius 3 is 2.55 bits per heavy atom. The maximum atomic E-state index is 12.9. The van der Waals surface area contributed by atoms with Gasteiger partial charge in [0.05, 0.1) is 35.5 Å². The Hall–Kier alpha value is -1.54. The summed E-state index contributed by atoms with van der Waals surface area (Å²) in [5, 5.41) is 3.48. The summed E-state index contributed by atoms with van der Waals surface area (Å²) in [5.74, 6) is 1.000. The summed E-state index contributed by atoms with van der Waals surface area (Å²) in [6.07, 6.45) is 3.42. The monoisotopic (exact) mass is 422 g/mol. The number of hydrogen-bond acceptors (Lipinski definition) is 6. The van der Waals surface area contributed by atoms with Crippen molar-refractivity contribution >= 4 is 23.2 Å². The summed E-state index contributed by atoms with van der Waals surface area (Å²) < 4.78 is 11.1. The number of nitrogens with two attached hydrogens (primary N) is 1. The molecule has 4 heterocycles. The fourth-order valence-electron chi connectivity index (χ4n) is 5.15. The van der Waals surface area contributed by atoms with Gasteiger partial charge in [0.25, 0.3) is 5.91 Å². The molecule has 2 bridgehead atoms. The Bertz CT molecular complexity index is 754. The lowest BCUT2D eigenvalue weighted by Gasteiger charge is -2.51. The third-order valence-corrected chi connectivity index (χ3v) is 7.19. The number of halogens is 1. The molecule has 4 aliphatic heterocycles. The van der Waals surface area contributed by atoms with Gasteiger partial charge in [0, 0.05) is 38.9 Å². The number of nitrogen functional groups attached to an aromatic ring is 1. The van der Waals surface area contributed by atoms with E-state index < -0.39 is 0 Å². The molecule has 0 aliphatic carbocycles. The third-order valence-electron chi connectivity index (χ3n) is 6.86. The van der Waals surface area contributed by atoms with Gasteiger partial charge in [0.15, 0.2) is 0 Å². The molecule has 3 atom stereocenters. The maximum Gasteiger partial charge on any atom is 0.255 e. The lowest BCUT2D eigenvalue weighted by Crippen LogP contribution is -2.63. The highest BCUT2D eigenvalue weighted by Crippen LogP contribution is 2.33. The first-order chi connectivity index (χ1) is 14.0. The van der Waals surface area contributed by atoms with Crippen molar-refractivity contribution in [2.45, 2.75) is 37.5 Å². The van der Waals surface area contributed by atoms with E-state index in [0.717, 1.165) is 25.4 Å². The van der Waals surface area contributed by atoms with Crippen molar-refractivity contribution in [1.29, 1.82) is 0 Å². The number of likely N-dealkylation sites (tertiary alicyclic amines) is 1. The second-order valence-electron chi connectivity index (χ2n) is 8.42. The van der Waals surface area contributed by atoms with Gasteiger partial charge in [-0.15, -0.1) is 0 Å². The molecule has 4 aliphatic rings. The predicted molar refractivity (Wildman–Crippen MR) is 114 cm³/mol. The average molecular weight is 423 g/mol. The van der Waals surface area contributed by atoms with Crippen LogP contribution in [0.2, 0.25) is 5.02 Å². The van der Waals surface area contributed by atoms with E-state index in [0.29, 0.717) is 28.1 Å². The SMILES string of the molecule is COc1cc(N)c(Cl)cc1C(=O)N[C@H]1CCN([C@@H]2CN3CCC2CC3)C[C@H]1OC. The molecule has 1 amide bonds. The van der Waals surface area contributed by atoms with Crippen molar-refractivity contribution in [3.8, 4) is 5.75 Å². The number of methoxy groups -OCH3 is 2. The number of benzene rings is 1. The van der Waals surface area contributed by atoms with E-state index in [-0.39, 0.29) is 18.1 Å². The largest absolute Gasteiger partial charge is 0.496 e. The van der Waals surface area contributed by atoms with Gasteiger partial charge in [-0.1, -0.05) is 11.6 Å². The molecule has 5 rings (SSSR count). The fraction of sp³-hybridized carbons (Fsp3) is 0.667. The number of nitrogens with zero attached hydrogens (tertiary/aromatic N) is 2. The lowest BCUT2D eigenvalue weighted by molar-refractivity contribution is -0.0515. The minimum atomic E-state index is -0.216. The van der Waals surface area contributed by atoms with Crippen LogP contribution in [0.4, 0.5) is 5.69 Å². The van der Waals surface area contributed by atoms with E-state index in [4.69, 9.17) is 26.8 Å². The number of nitrogens with one attached hydrogen (secondary N) is 1. The Morgan fingerprint density at radius 1 is 1.17 bits per heavy atom. The molecule has 4 fully saturated rings. The van der Waals surface area contributed by atoms with Crippen LogP contribution in [0.15, 0.2) is 12.1 Å². The zero-order valence-corrected chi connectivity index (χ0v) is 18.0. The summed E-state index contributed by atoms with van der Waals surface area (Å²) >= 11 is 6.13. The average Bonchev–Trinajstić information content (AvgIpc) is 2.76. The van der Waals surface area contributed by atoms with E-state index in [1.54, 1.807) is 19.2 Å². The van der Waals surface area contributed by atoms with Gasteiger partial charge in [0.2, 0.25) is 0 Å². The van der Waals surface area contributed by atoms with Crippen LogP contribution in [0.3, 0.4) is 0 Å². The van der Waals surface area contributed by atoms with Crippen molar-refractivity contribution in [2.75, 3.05) is 52.7 Å². The number of anilines is 1. The minimum absolute atomic E-state index is 0.0431. The summed E-state index contributed by atoms with van der Waals surface area (Å²) in [7, 11) is 3.24. The molecule has 1 aromatic carbocycles. The smallest absolute Gasteiger partial charge is 0.255 e. The van der Waals surface area contributed by atoms with Crippen LogP contribution in [-0.2, 0) is 4.74 Å². The molecule has 1 aromatic rings. The van der Waals surface area contributed by atoms with Gasteiger partial charge in [0.1, 0.15) is 5.75 Å². The number of amides is 1. The normalized spacial score (nSPS) is 32.2. The van der Waals surface area contributed by atoms with Crippen LogP contribution < -0.4 is 15.8 Å². The highest BCUT2D eigenvalue weighted by molar-refractivity contribution is 6.33. The van der Waals surface area contributed by atoms with Crippen molar-refractivity contribution in [3.05, 3.63) is 22.7 Å². The lowest BCUT2D eigenvalue weighted by atomic mass is 9.82. The van der Waals surface area contributed by atoms with E-state index >= 15 is 0 Å². The molecule has 4 saturated heterocycles. The van der Waals surface area contributed by atoms with Gasteiger partial charge in [-0.25, -0.2) is 0 Å². The van der Waals surface area contributed by atoms with Crippen LogP contribution in [-0.4, -0.2) is 80.8 Å². The fourth-order valence-corrected chi connectivity index (χ4v) is 5.32. The van der Waals surface area contributed by atoms with E-state index in [1.165, 1.54) is 39.6 Å². The first kappa shape index (κ1) is 20.7. The summed E-state index contributed by atoms with van der Waals surface area (Å²) in [6, 6.07) is 3.71. The van der Waals surface area contributed by atoms with Crippen LogP contribution in [0.25, 0.3) is 0 Å². The second kappa shape index (κ2) is 8.68. The second-order valence-corrected chi connectivity index (χ2v) is 8.82. The highest BCUT2D eigenvalue weighted by atomic mass is 35.5. The first-order valence-electron chi connectivity index (χ1n) is 10.4. The molecule has 29 heavy (non-hydrogen) atoms. The predicted octanol–water partition coefficient (Wildman–Crippen LogP) is 1.84. The molecular formula is C21H31ClN4O3. The van der Waals surface area contributed by atoms with Gasteiger partial charge in [-0.3, -0.25) is 9.69 Å². The van der Waals surface area contributed by atoms with Gasteiger partial charge < -0.3 is 25.4 Å². The molecule has 7 nitrogen and oxygen atoms in total. The zero-order valence-electron chi connectivity index (χ0n) is 17.2. The highest BCUT2D eigenvalue weighted by Gasteiger charge is 2.41. The molecule has 0 spiro atoms. The van der Waals surface area contributed by atoms with E-state index in [9.17, 15) is 4.79 Å². The van der Waals surface area contributed by atoms with Crippen LogP contribution in [0.1, 0.15) is 29.6 Å². The Labute approximate surface area is 177 Å². The number of carbonyl (C=O) groups excluding carboxylic acids is 1. The molecule has 3 N–H and O–H groups in total. The quantitative estimate of drug-likeness (QED) is 0.705. The Balaban J connectivity index is 1.42. The van der Waals surface area contributed by atoms with Crippen molar-refractivity contribution < 1.29 is 14.3 Å². The molecule has 160 valence electrons. The number of piperidine rings is 4. The Morgan fingerprint density at radius 2 is 1.93 bits per heavy atom. The standard InChI is InChI=1S/C21H31ClN4O3/c1-28-19-10-16(23)15(22)9-14(19)21(27)24-17-5-8-26(12-20(17)29-2)18-11-25-6-3-13(18)4-7-25/h9-10,13,17-18,20H,3-8,11-12,23H2,1-2H3,(H,24,27)/t17-,18+,20+/m0/s1. The van der Waals surface area contributed by atoms with Gasteiger partial charge in [-0.2, -0.15) is 0 Å². The van der Waals surface area contributed by atoms with Crippen LogP contribution >= 0.6 is 11.6 Å². The van der Waals surface area contributed by atoms with Gasteiger partial charge >= 0.3 is 0 Å². The summed E-state index contributed by atoms with van der Waals surface area (Å²) in [6.45, 7) is 5.47. The summed E-state index contributed by atoms with van der Waals surface area (Å²) in [4.78, 5) is 18.1. The van der Waals surface area contributed by atoms with Crippen LogP contribution in [0, 0.1) is 5.92 Å². The third kappa shape index (κ3) is 4.19. The number of ether oxygens (including phenoxy) is 2. The molecule has 8 heteroatoms. The molecule has 0 radical (unpaired) electrons. The Kier molecular flexibility index (Phi) is 6.20. The van der Waals surface area contributed by atoms with Crippen LogP contribution in [0.5, 0.6) is 5.75 Å². The summed E-state index contributed by atoms with van der Waals surface area (Å²) in [5.41, 5.74) is 6.61. The molecule has 0 unspecified atom stereocenters. The number of hydrogen-bond donors (Lipinski definition) is 2. The number of carbonyl (C=O) groups is 1. The first-order valence-corrected chi connectivity index (χ1v) is 10.8. The topological polar surface area (TPSA) is 80.1 Å². The molecule has 0 aromatic heterocycles. The molecule has 0 saturated carbocycles. The van der Waals surface area contributed by atoms with Crippen molar-refractivity contribution in [2.24, 2.45) is 5.92 Å². The number of rotatable bonds is 5. The van der Waals surface area contributed by atoms with E-state index in [2.05, 4.69) is 15.1 Å². The number of fused-ring (bicyclic) bond motifs is 3. The minimum Gasteiger partial charge on any atom is -0.496 e. The maximum absolute atomic E-state index is 12.9. The zero-order chi connectivity index (χ0) is 20.5. The van der Waals surface area contributed by atoms with E-state index in [1.807, 2.05) is 0 Å². The van der Waals surface area contributed by atoms with Crippen molar-refractivity contribution in [1.82, 2.24) is 15.1 Å². The van der Waals surface area contributed by atoms with Crippen molar-refractivity contribution in [3.63, 3.8) is 0 Å². The molecular weight excluding hydrogens is 392 g/mol. The van der Waals surface area contributed by atoms with Gasteiger partial charge in [-0.05, 0) is 44.3 Å².